The van der Waals surface area contributed by atoms with E-state index >= 15 is 0 Å². The van der Waals surface area contributed by atoms with Crippen LogP contribution in [0.5, 0.6) is 0 Å². The fraction of sp³-hybridized carbons (Fsp3) is 1.00. The molecular weight excluding hydrogens is 200 g/mol. The number of piperidine rings is 1. The molecule has 1 aliphatic carbocycles. The summed E-state index contributed by atoms with van der Waals surface area (Å²) in [5, 5.41) is -0.0790. The molecule has 0 unspecified atom stereocenters. The molecule has 0 aromatic carbocycles. The normalized spacial score (nSPS) is 29.0. The molecule has 0 radical (unpaired) electrons. The zero-order chi connectivity index (χ0) is 10.4. The Bertz CT molecular complexity index is 310. The summed E-state index contributed by atoms with van der Waals surface area (Å²) >= 11 is 0. The molecule has 0 aromatic heterocycles. The van der Waals surface area contributed by atoms with Gasteiger partial charge in [-0.2, -0.15) is 0 Å². The third kappa shape index (κ3) is 1.94. The van der Waals surface area contributed by atoms with Gasteiger partial charge in [0, 0.05) is 18.6 Å². The van der Waals surface area contributed by atoms with Crippen LogP contribution in [0.3, 0.4) is 0 Å². The summed E-state index contributed by atoms with van der Waals surface area (Å²) in [5.41, 5.74) is 5.78. The zero-order valence-electron chi connectivity index (χ0n) is 8.57. The molecule has 2 N–H and O–H groups in total. The van der Waals surface area contributed by atoms with Crippen molar-refractivity contribution in [2.45, 2.75) is 43.4 Å². The van der Waals surface area contributed by atoms with Crippen molar-refractivity contribution < 1.29 is 8.42 Å². The zero-order valence-corrected chi connectivity index (χ0v) is 9.39. The van der Waals surface area contributed by atoms with Crippen molar-refractivity contribution in [2.75, 3.05) is 13.1 Å². The Kier molecular flexibility index (Phi) is 2.36. The van der Waals surface area contributed by atoms with Gasteiger partial charge in [0.25, 0.3) is 0 Å². The molecular formula is C9H18N2O2S. The number of hydrogen-bond donors (Lipinski definition) is 1. The summed E-state index contributed by atoms with van der Waals surface area (Å²) in [4.78, 5) is 0. The van der Waals surface area contributed by atoms with E-state index in [0.29, 0.717) is 13.1 Å². The molecule has 0 bridgehead atoms. The molecule has 0 spiro atoms. The minimum absolute atomic E-state index is 0.0790. The van der Waals surface area contributed by atoms with E-state index in [-0.39, 0.29) is 10.8 Å². The van der Waals surface area contributed by atoms with Crippen LogP contribution < -0.4 is 5.73 Å². The topological polar surface area (TPSA) is 63.4 Å². The van der Waals surface area contributed by atoms with E-state index in [9.17, 15) is 8.42 Å². The molecule has 0 amide bonds. The number of nitrogens with two attached hydrogens (primary N) is 1. The van der Waals surface area contributed by atoms with Crippen molar-refractivity contribution in [3.05, 3.63) is 0 Å². The van der Waals surface area contributed by atoms with E-state index < -0.39 is 10.0 Å². The Morgan fingerprint density at radius 1 is 1.29 bits per heavy atom. The summed E-state index contributed by atoms with van der Waals surface area (Å²) in [5.74, 6) is 0. The monoisotopic (exact) mass is 218 g/mol. The first-order valence-corrected chi connectivity index (χ1v) is 6.70. The maximum atomic E-state index is 11.8. The van der Waals surface area contributed by atoms with Crippen molar-refractivity contribution in [2.24, 2.45) is 5.73 Å². The highest BCUT2D eigenvalue weighted by Crippen LogP contribution is 2.33. The third-order valence-corrected chi connectivity index (χ3v) is 5.57. The average Bonchev–Trinajstić information content (AvgIpc) is 2.85. The Labute approximate surface area is 85.5 Å². The van der Waals surface area contributed by atoms with Gasteiger partial charge in [0.05, 0.1) is 5.25 Å². The molecule has 82 valence electrons. The lowest BCUT2D eigenvalue weighted by atomic mass is 9.92. The van der Waals surface area contributed by atoms with Crippen LogP contribution in [-0.4, -0.2) is 36.6 Å². The predicted octanol–water partition coefficient (Wildman–Crippen LogP) is 0.292. The quantitative estimate of drug-likeness (QED) is 0.724. The van der Waals surface area contributed by atoms with Crippen LogP contribution in [-0.2, 0) is 10.0 Å². The summed E-state index contributed by atoms with van der Waals surface area (Å²) in [6.45, 7) is 3.20. The van der Waals surface area contributed by atoms with Gasteiger partial charge in [0.1, 0.15) is 0 Å². The van der Waals surface area contributed by atoms with Crippen LogP contribution >= 0.6 is 0 Å². The Balaban J connectivity index is 2.01. The highest BCUT2D eigenvalue weighted by molar-refractivity contribution is 7.90. The molecule has 5 heteroatoms. The van der Waals surface area contributed by atoms with E-state index in [0.717, 1.165) is 25.7 Å². The maximum absolute atomic E-state index is 11.8. The number of hydrogen-bond acceptors (Lipinski definition) is 3. The van der Waals surface area contributed by atoms with Gasteiger partial charge in [0.15, 0.2) is 0 Å². The van der Waals surface area contributed by atoms with Gasteiger partial charge >= 0.3 is 0 Å². The Morgan fingerprint density at radius 3 is 2.21 bits per heavy atom. The molecule has 0 aromatic rings. The van der Waals surface area contributed by atoms with Gasteiger partial charge in [0.2, 0.25) is 10.0 Å². The molecule has 0 atom stereocenters. The molecule has 14 heavy (non-hydrogen) atoms. The molecule has 1 saturated heterocycles. The van der Waals surface area contributed by atoms with Crippen molar-refractivity contribution in [1.29, 1.82) is 0 Å². The van der Waals surface area contributed by atoms with Gasteiger partial charge in [-0.1, -0.05) is 0 Å². The largest absolute Gasteiger partial charge is 0.325 e. The first-order valence-electron chi connectivity index (χ1n) is 5.20. The van der Waals surface area contributed by atoms with Gasteiger partial charge in [-0.25, -0.2) is 12.7 Å². The van der Waals surface area contributed by atoms with Crippen LogP contribution in [0.4, 0.5) is 0 Å². The lowest BCUT2D eigenvalue weighted by Gasteiger charge is -2.35. The highest BCUT2D eigenvalue weighted by atomic mass is 32.2. The molecule has 4 nitrogen and oxygen atoms in total. The average molecular weight is 218 g/mol. The SMILES string of the molecule is CC1(N)CCN(S(=O)(=O)C2CC2)CC1. The summed E-state index contributed by atoms with van der Waals surface area (Å²) < 4.78 is 25.3. The minimum Gasteiger partial charge on any atom is -0.325 e. The van der Waals surface area contributed by atoms with Gasteiger partial charge in [-0.3, -0.25) is 0 Å². The molecule has 2 rings (SSSR count). The first-order chi connectivity index (χ1) is 6.42. The van der Waals surface area contributed by atoms with E-state index in [1.807, 2.05) is 6.92 Å². The van der Waals surface area contributed by atoms with Crippen molar-refractivity contribution in [1.82, 2.24) is 4.31 Å². The third-order valence-electron chi connectivity index (χ3n) is 3.17. The minimum atomic E-state index is -2.96. The highest BCUT2D eigenvalue weighted by Gasteiger charge is 2.42. The first kappa shape index (κ1) is 10.4. The molecule has 1 saturated carbocycles. The van der Waals surface area contributed by atoms with E-state index in [1.54, 1.807) is 4.31 Å². The number of rotatable bonds is 2. The predicted molar refractivity (Wildman–Crippen MR) is 55.3 cm³/mol. The van der Waals surface area contributed by atoms with Crippen LogP contribution in [0.1, 0.15) is 32.6 Å². The maximum Gasteiger partial charge on any atom is 0.216 e. The molecule has 1 aliphatic heterocycles. The van der Waals surface area contributed by atoms with Crippen LogP contribution in [0.2, 0.25) is 0 Å². The second-order valence-electron chi connectivity index (χ2n) is 4.80. The van der Waals surface area contributed by atoms with Crippen molar-refractivity contribution in [3.63, 3.8) is 0 Å². The number of nitrogens with zero attached hydrogens (tertiary/aromatic N) is 1. The van der Waals surface area contributed by atoms with Crippen LogP contribution in [0.25, 0.3) is 0 Å². The van der Waals surface area contributed by atoms with Crippen LogP contribution in [0.15, 0.2) is 0 Å². The van der Waals surface area contributed by atoms with E-state index in [4.69, 9.17) is 5.73 Å². The van der Waals surface area contributed by atoms with E-state index in [2.05, 4.69) is 0 Å². The number of sulfonamides is 1. The van der Waals surface area contributed by atoms with Gasteiger partial charge < -0.3 is 5.73 Å². The summed E-state index contributed by atoms with van der Waals surface area (Å²) in [7, 11) is -2.96. The standard InChI is InChI=1S/C9H18N2O2S/c1-9(10)4-6-11(7-5-9)14(12,13)8-2-3-8/h8H,2-7,10H2,1H3. The van der Waals surface area contributed by atoms with Crippen molar-refractivity contribution in [3.8, 4) is 0 Å². The van der Waals surface area contributed by atoms with Crippen molar-refractivity contribution >= 4 is 10.0 Å². The Hall–Kier alpha value is -0.130. The second kappa shape index (κ2) is 3.18. The molecule has 2 fully saturated rings. The van der Waals surface area contributed by atoms with Gasteiger partial charge in [-0.05, 0) is 32.6 Å². The summed E-state index contributed by atoms with van der Waals surface area (Å²) in [6, 6.07) is 0. The Morgan fingerprint density at radius 2 is 1.79 bits per heavy atom. The molecule has 1 heterocycles. The second-order valence-corrected chi connectivity index (χ2v) is 7.01. The lowest BCUT2D eigenvalue weighted by molar-refractivity contribution is 0.252. The van der Waals surface area contributed by atoms with Crippen LogP contribution in [0, 0.1) is 0 Å². The smallest absolute Gasteiger partial charge is 0.216 e. The van der Waals surface area contributed by atoms with E-state index in [1.165, 1.54) is 0 Å². The van der Waals surface area contributed by atoms with Gasteiger partial charge in [-0.15, -0.1) is 0 Å². The molecule has 2 aliphatic rings. The summed E-state index contributed by atoms with van der Waals surface area (Å²) in [6.07, 6.45) is 3.25. The lowest BCUT2D eigenvalue weighted by Crippen LogP contribution is -2.50. The fourth-order valence-corrected chi connectivity index (χ4v) is 3.67. The fourth-order valence-electron chi connectivity index (χ4n) is 1.83.